The lowest BCUT2D eigenvalue weighted by Gasteiger charge is -2.34. The van der Waals surface area contributed by atoms with Crippen LogP contribution in [0.25, 0.3) is 0 Å². The van der Waals surface area contributed by atoms with Gasteiger partial charge >= 0.3 is 12.1 Å². The molecule has 1 aliphatic heterocycles. The van der Waals surface area contributed by atoms with Crippen LogP contribution in [0.1, 0.15) is 13.3 Å². The number of amides is 2. The van der Waals surface area contributed by atoms with E-state index in [4.69, 9.17) is 0 Å². The zero-order chi connectivity index (χ0) is 14.5. The zero-order valence-electron chi connectivity index (χ0n) is 10.8. The summed E-state index contributed by atoms with van der Waals surface area (Å²) < 4.78 is 36.6. The lowest BCUT2D eigenvalue weighted by molar-refractivity contribution is -0.187. The van der Waals surface area contributed by atoms with Crippen molar-refractivity contribution in [2.75, 3.05) is 39.3 Å². The Morgan fingerprint density at radius 2 is 1.74 bits per heavy atom. The highest BCUT2D eigenvalue weighted by Gasteiger charge is 2.43. The van der Waals surface area contributed by atoms with E-state index in [-0.39, 0.29) is 38.6 Å². The molecule has 0 atom stereocenters. The zero-order valence-corrected chi connectivity index (χ0v) is 10.8. The van der Waals surface area contributed by atoms with Crippen molar-refractivity contribution in [1.82, 2.24) is 15.1 Å². The highest BCUT2D eigenvalue weighted by atomic mass is 19.4. The molecule has 0 aromatic carbocycles. The number of hydrogen-bond donors (Lipinski definition) is 1. The lowest BCUT2D eigenvalue weighted by Crippen LogP contribution is -2.53. The van der Waals surface area contributed by atoms with Gasteiger partial charge < -0.3 is 10.2 Å². The molecule has 1 rings (SSSR count). The lowest BCUT2D eigenvalue weighted by atomic mass is 10.3. The van der Waals surface area contributed by atoms with Crippen molar-refractivity contribution in [3.8, 4) is 0 Å². The second-order valence-electron chi connectivity index (χ2n) is 4.42. The molecule has 2 amide bonds. The number of alkyl halides is 3. The van der Waals surface area contributed by atoms with Crippen molar-refractivity contribution >= 4 is 11.8 Å². The summed E-state index contributed by atoms with van der Waals surface area (Å²) in [5.41, 5.74) is 0. The molecule has 110 valence electrons. The van der Waals surface area contributed by atoms with E-state index in [0.29, 0.717) is 6.54 Å². The first-order chi connectivity index (χ1) is 8.84. The minimum atomic E-state index is -4.82. The van der Waals surface area contributed by atoms with Gasteiger partial charge in [-0.3, -0.25) is 14.5 Å². The number of piperazine rings is 1. The molecule has 0 unspecified atom stereocenters. The topological polar surface area (TPSA) is 52.7 Å². The van der Waals surface area contributed by atoms with Crippen molar-refractivity contribution in [2.45, 2.75) is 19.5 Å². The molecule has 5 nitrogen and oxygen atoms in total. The molecule has 0 aromatic rings. The van der Waals surface area contributed by atoms with Gasteiger partial charge in [-0.2, -0.15) is 13.2 Å². The van der Waals surface area contributed by atoms with Gasteiger partial charge in [0.05, 0.1) is 6.54 Å². The van der Waals surface area contributed by atoms with Crippen LogP contribution in [-0.4, -0.2) is 67.1 Å². The third-order valence-corrected chi connectivity index (χ3v) is 2.84. The Morgan fingerprint density at radius 1 is 1.16 bits per heavy atom. The summed E-state index contributed by atoms with van der Waals surface area (Å²) in [4.78, 5) is 24.9. The van der Waals surface area contributed by atoms with Crippen LogP contribution in [0, 0.1) is 0 Å². The molecule has 0 spiro atoms. The average Bonchev–Trinajstić information content (AvgIpc) is 2.35. The van der Waals surface area contributed by atoms with Crippen LogP contribution in [0.4, 0.5) is 13.2 Å². The number of nitrogens with one attached hydrogen (secondary N) is 1. The maximum Gasteiger partial charge on any atom is 0.471 e. The highest BCUT2D eigenvalue weighted by Crippen LogP contribution is 2.19. The van der Waals surface area contributed by atoms with Gasteiger partial charge in [0.25, 0.3) is 0 Å². The number of nitrogens with zero attached hydrogens (tertiary/aromatic N) is 2. The van der Waals surface area contributed by atoms with Crippen LogP contribution in [0.15, 0.2) is 0 Å². The molecule has 1 heterocycles. The maximum atomic E-state index is 12.2. The molecule has 19 heavy (non-hydrogen) atoms. The summed E-state index contributed by atoms with van der Waals surface area (Å²) in [7, 11) is 0. The Balaban J connectivity index is 2.33. The van der Waals surface area contributed by atoms with Gasteiger partial charge in [0, 0.05) is 32.7 Å². The Labute approximate surface area is 109 Å². The number of rotatable bonds is 4. The molecule has 1 fully saturated rings. The van der Waals surface area contributed by atoms with Gasteiger partial charge in [0.2, 0.25) is 5.91 Å². The number of carbonyl (C=O) groups is 2. The largest absolute Gasteiger partial charge is 0.471 e. The molecule has 0 saturated carbocycles. The minimum absolute atomic E-state index is 0.000594. The van der Waals surface area contributed by atoms with Gasteiger partial charge in [-0.15, -0.1) is 0 Å². The number of halogens is 3. The van der Waals surface area contributed by atoms with E-state index in [1.165, 1.54) is 0 Å². The second-order valence-corrected chi connectivity index (χ2v) is 4.42. The van der Waals surface area contributed by atoms with E-state index in [1.54, 1.807) is 4.90 Å². The fourth-order valence-corrected chi connectivity index (χ4v) is 1.81. The molecule has 1 N–H and O–H groups in total. The first-order valence-corrected chi connectivity index (χ1v) is 6.19. The van der Waals surface area contributed by atoms with E-state index >= 15 is 0 Å². The van der Waals surface area contributed by atoms with Crippen LogP contribution >= 0.6 is 0 Å². The molecule has 0 bridgehead atoms. The second kappa shape index (κ2) is 6.74. The van der Waals surface area contributed by atoms with Gasteiger partial charge in [-0.25, -0.2) is 0 Å². The van der Waals surface area contributed by atoms with Crippen LogP contribution in [0.5, 0.6) is 0 Å². The smallest absolute Gasteiger partial charge is 0.355 e. The Morgan fingerprint density at radius 3 is 2.21 bits per heavy atom. The fraction of sp³-hybridized carbons (Fsp3) is 0.818. The standard InChI is InChI=1S/C11H18F3N3O2/c1-2-3-15-9(18)8-16-4-6-17(7-5-16)10(19)11(12,13)14/h2-8H2,1H3,(H,15,18). The quantitative estimate of drug-likeness (QED) is 0.802. The van der Waals surface area contributed by atoms with Crippen molar-refractivity contribution in [3.05, 3.63) is 0 Å². The molecule has 0 aliphatic carbocycles. The predicted octanol–water partition coefficient (Wildman–Crippen LogP) is 0.219. The highest BCUT2D eigenvalue weighted by molar-refractivity contribution is 5.82. The SMILES string of the molecule is CCCNC(=O)CN1CCN(C(=O)C(F)(F)F)CC1. The molecule has 0 aromatic heterocycles. The summed E-state index contributed by atoms with van der Waals surface area (Å²) in [6.07, 6.45) is -3.99. The van der Waals surface area contributed by atoms with Crippen molar-refractivity contribution in [2.24, 2.45) is 0 Å². The Kier molecular flexibility index (Phi) is 5.59. The van der Waals surface area contributed by atoms with E-state index in [2.05, 4.69) is 5.32 Å². The van der Waals surface area contributed by atoms with Gasteiger partial charge in [0.15, 0.2) is 0 Å². The summed E-state index contributed by atoms with van der Waals surface area (Å²) in [6.45, 7) is 3.24. The third-order valence-electron chi connectivity index (χ3n) is 2.84. The monoisotopic (exact) mass is 281 g/mol. The maximum absolute atomic E-state index is 12.2. The average molecular weight is 281 g/mol. The third kappa shape index (κ3) is 5.06. The molecule has 8 heteroatoms. The van der Waals surface area contributed by atoms with E-state index < -0.39 is 12.1 Å². The van der Waals surface area contributed by atoms with E-state index in [0.717, 1.165) is 11.3 Å². The number of hydrogen-bond acceptors (Lipinski definition) is 3. The first-order valence-electron chi connectivity index (χ1n) is 6.19. The molecule has 0 radical (unpaired) electrons. The van der Waals surface area contributed by atoms with E-state index in [9.17, 15) is 22.8 Å². The van der Waals surface area contributed by atoms with Gasteiger partial charge in [-0.05, 0) is 6.42 Å². The molecular weight excluding hydrogens is 263 g/mol. The van der Waals surface area contributed by atoms with Crippen molar-refractivity contribution in [1.29, 1.82) is 0 Å². The molecule has 1 saturated heterocycles. The van der Waals surface area contributed by atoms with Crippen molar-refractivity contribution < 1.29 is 22.8 Å². The normalized spacial score (nSPS) is 17.4. The summed E-state index contributed by atoms with van der Waals surface area (Å²) in [5.74, 6) is -1.94. The fourth-order valence-electron chi connectivity index (χ4n) is 1.81. The Hall–Kier alpha value is -1.31. The summed E-state index contributed by atoms with van der Waals surface area (Å²) in [5, 5.41) is 2.70. The number of carbonyl (C=O) groups excluding carboxylic acids is 2. The molecule has 1 aliphatic rings. The summed E-state index contributed by atoms with van der Waals surface area (Å²) in [6, 6.07) is 0. The minimum Gasteiger partial charge on any atom is -0.355 e. The van der Waals surface area contributed by atoms with Gasteiger partial charge in [-0.1, -0.05) is 6.92 Å². The van der Waals surface area contributed by atoms with Crippen LogP contribution < -0.4 is 5.32 Å². The van der Waals surface area contributed by atoms with E-state index in [1.807, 2.05) is 6.92 Å². The van der Waals surface area contributed by atoms with Gasteiger partial charge in [0.1, 0.15) is 0 Å². The van der Waals surface area contributed by atoms with Crippen LogP contribution in [0.3, 0.4) is 0 Å². The van der Waals surface area contributed by atoms with Crippen LogP contribution in [0.2, 0.25) is 0 Å². The first kappa shape index (κ1) is 15.7. The molecular formula is C11H18F3N3O2. The Bertz CT molecular complexity index is 326. The van der Waals surface area contributed by atoms with Crippen molar-refractivity contribution in [3.63, 3.8) is 0 Å². The summed E-state index contributed by atoms with van der Waals surface area (Å²) >= 11 is 0. The predicted molar refractivity (Wildman–Crippen MR) is 62.4 cm³/mol. The van der Waals surface area contributed by atoms with Crippen LogP contribution in [-0.2, 0) is 9.59 Å².